The Bertz CT molecular complexity index is 1170. The maximum atomic E-state index is 13.0. The average Bonchev–Trinajstić information content (AvgIpc) is 3.28. The first-order valence-corrected chi connectivity index (χ1v) is 29.9. The van der Waals surface area contributed by atoms with Crippen LogP contribution in [0.15, 0.2) is 36.5 Å². The normalized spacial score (nSPS) is 14.2. The fraction of sp³-hybridized carbons (Fsp3) is 0.877. The number of nitrogens with one attached hydrogen (secondary N) is 1. The molecule has 9 heteroatoms. The second-order valence-corrected chi connectivity index (χ2v) is 22.2. The highest BCUT2D eigenvalue weighted by Crippen LogP contribution is 2.43. The van der Waals surface area contributed by atoms with Gasteiger partial charge in [0.25, 0.3) is 0 Å². The third-order valence-corrected chi connectivity index (χ3v) is 13.9. The topological polar surface area (TPSA) is 105 Å². The summed E-state index contributed by atoms with van der Waals surface area (Å²) in [7, 11) is 1.58. The van der Waals surface area contributed by atoms with Gasteiger partial charge >= 0.3 is 7.82 Å². The van der Waals surface area contributed by atoms with Crippen LogP contribution >= 0.6 is 7.82 Å². The van der Waals surface area contributed by atoms with E-state index in [0.717, 1.165) is 38.5 Å². The molecule has 0 aromatic heterocycles. The van der Waals surface area contributed by atoms with Gasteiger partial charge in [-0.2, -0.15) is 0 Å². The van der Waals surface area contributed by atoms with E-state index >= 15 is 0 Å². The van der Waals surface area contributed by atoms with E-state index in [1.165, 1.54) is 212 Å². The predicted octanol–water partition coefficient (Wildman–Crippen LogP) is 17.0. The number of allylic oxidation sites excluding steroid dienone is 5. The number of unbranched alkanes of at least 4 members (excludes halogenated alkanes) is 36. The van der Waals surface area contributed by atoms with Gasteiger partial charge in [0.05, 0.1) is 39.9 Å². The number of hydrogen-bond acceptors (Lipinski definition) is 5. The van der Waals surface area contributed by atoms with Gasteiger partial charge in [0.2, 0.25) is 5.91 Å². The lowest BCUT2D eigenvalue weighted by atomic mass is 10.0. The van der Waals surface area contributed by atoms with Gasteiger partial charge in [-0.15, -0.1) is 0 Å². The van der Waals surface area contributed by atoms with Crippen molar-refractivity contribution in [2.45, 2.75) is 283 Å². The minimum atomic E-state index is -4.35. The van der Waals surface area contributed by atoms with Crippen LogP contribution in [0.4, 0.5) is 0 Å². The molecular formula is C57H112N2O6P+. The Morgan fingerprint density at radius 3 is 1.24 bits per heavy atom. The Labute approximate surface area is 410 Å². The van der Waals surface area contributed by atoms with Crippen molar-refractivity contribution in [3.05, 3.63) is 36.5 Å². The highest BCUT2D eigenvalue weighted by Gasteiger charge is 2.27. The first kappa shape index (κ1) is 64.7. The Morgan fingerprint density at radius 2 is 0.848 bits per heavy atom. The molecule has 390 valence electrons. The van der Waals surface area contributed by atoms with Crippen LogP contribution in [0.1, 0.15) is 271 Å². The Morgan fingerprint density at radius 1 is 0.515 bits per heavy atom. The minimum absolute atomic E-state index is 0.0612. The zero-order chi connectivity index (χ0) is 48.5. The van der Waals surface area contributed by atoms with Crippen molar-refractivity contribution >= 4 is 13.7 Å². The standard InChI is InChI=1S/C57H111N2O6P/c1-6-8-10-12-14-16-18-20-22-24-26-27-28-29-30-31-33-34-36-38-40-42-44-46-48-50-56(60)55(54-65-66(62,63)64-53-52-59(3,4)5)58-57(61)51-49-47-45-43-41-39-37-35-32-25-23-21-19-17-15-13-11-9-7-2/h15,17,19,21,48,50,55-56,60H,6-14,16,18,20,22-47,49,51-54H2,1-5H3,(H-,58,61,62,63)/p+1/b17-15-,21-19-,50-48+. The van der Waals surface area contributed by atoms with Gasteiger partial charge in [0.15, 0.2) is 0 Å². The molecule has 0 aromatic rings. The molecule has 3 atom stereocenters. The molecule has 0 aliphatic carbocycles. The molecular weight excluding hydrogens is 840 g/mol. The zero-order valence-corrected chi connectivity index (χ0v) is 45.3. The molecule has 0 bridgehead atoms. The monoisotopic (exact) mass is 952 g/mol. The Balaban J connectivity index is 4.21. The van der Waals surface area contributed by atoms with E-state index in [9.17, 15) is 19.4 Å². The Hall–Kier alpha value is -1.28. The van der Waals surface area contributed by atoms with Crippen molar-refractivity contribution < 1.29 is 32.9 Å². The molecule has 0 radical (unpaired) electrons. The Kier molecular flexibility index (Phi) is 47.8. The summed E-state index contributed by atoms with van der Waals surface area (Å²) in [4.78, 5) is 23.3. The minimum Gasteiger partial charge on any atom is -0.387 e. The number of phosphoric acid groups is 1. The summed E-state index contributed by atoms with van der Waals surface area (Å²) in [5.74, 6) is -0.178. The van der Waals surface area contributed by atoms with E-state index in [0.29, 0.717) is 17.4 Å². The van der Waals surface area contributed by atoms with Crippen LogP contribution in [-0.2, 0) is 18.4 Å². The molecule has 0 aliphatic heterocycles. The molecule has 0 aliphatic rings. The van der Waals surface area contributed by atoms with Crippen molar-refractivity contribution in [2.75, 3.05) is 40.9 Å². The van der Waals surface area contributed by atoms with Gasteiger partial charge in [0.1, 0.15) is 13.2 Å². The average molecular weight is 953 g/mol. The summed E-state index contributed by atoms with van der Waals surface area (Å²) >= 11 is 0. The summed E-state index contributed by atoms with van der Waals surface area (Å²) in [5.41, 5.74) is 0. The second kappa shape index (κ2) is 48.7. The number of carbonyl (C=O) groups excluding carboxylic acids is 1. The third kappa shape index (κ3) is 50.6. The van der Waals surface area contributed by atoms with Crippen LogP contribution in [0.25, 0.3) is 0 Å². The third-order valence-electron chi connectivity index (χ3n) is 12.9. The van der Waals surface area contributed by atoms with E-state index in [-0.39, 0.29) is 19.1 Å². The van der Waals surface area contributed by atoms with Gasteiger partial charge in [-0.05, 0) is 44.9 Å². The van der Waals surface area contributed by atoms with Crippen molar-refractivity contribution in [2.24, 2.45) is 0 Å². The fourth-order valence-electron chi connectivity index (χ4n) is 8.39. The predicted molar refractivity (Wildman–Crippen MR) is 286 cm³/mol. The van der Waals surface area contributed by atoms with E-state index in [4.69, 9.17) is 9.05 Å². The van der Waals surface area contributed by atoms with Crippen molar-refractivity contribution in [3.8, 4) is 0 Å². The SMILES string of the molecule is CCCCC/C=C\C=C/CCCCCCCCCCCCC(=O)NC(COP(=O)(O)OCC[N+](C)(C)C)C(O)/C=C/CCCCCCCCCCCCCCCCCCCCCCCCC. The van der Waals surface area contributed by atoms with Crippen LogP contribution in [0.5, 0.6) is 0 Å². The maximum Gasteiger partial charge on any atom is 0.472 e. The number of aliphatic hydroxyl groups excluding tert-OH is 1. The largest absolute Gasteiger partial charge is 0.472 e. The number of amides is 1. The molecule has 0 aromatic carbocycles. The van der Waals surface area contributed by atoms with Crippen LogP contribution in [-0.4, -0.2) is 73.4 Å². The maximum absolute atomic E-state index is 13.0. The summed E-state index contributed by atoms with van der Waals surface area (Å²) in [6.45, 7) is 4.82. The van der Waals surface area contributed by atoms with Gasteiger partial charge < -0.3 is 19.8 Å². The summed E-state index contributed by atoms with van der Waals surface area (Å²) in [6.07, 6.45) is 62.4. The van der Waals surface area contributed by atoms with Crippen molar-refractivity contribution in [1.82, 2.24) is 5.32 Å². The van der Waals surface area contributed by atoms with E-state index in [1.807, 2.05) is 27.2 Å². The molecule has 1 amide bonds. The molecule has 8 nitrogen and oxygen atoms in total. The second-order valence-electron chi connectivity index (χ2n) is 20.7. The molecule has 0 spiro atoms. The van der Waals surface area contributed by atoms with Crippen LogP contribution in [0.2, 0.25) is 0 Å². The first-order chi connectivity index (χ1) is 32.0. The lowest BCUT2D eigenvalue weighted by Gasteiger charge is -2.25. The summed E-state index contributed by atoms with van der Waals surface area (Å²) in [5, 5.41) is 13.9. The molecule has 0 heterocycles. The number of nitrogens with zero attached hydrogens (tertiary/aromatic N) is 1. The number of likely N-dealkylation sites (N-methyl/N-ethyl adjacent to an activating group) is 1. The van der Waals surface area contributed by atoms with Crippen LogP contribution < -0.4 is 5.32 Å². The highest BCUT2D eigenvalue weighted by molar-refractivity contribution is 7.47. The molecule has 3 N–H and O–H groups in total. The first-order valence-electron chi connectivity index (χ1n) is 28.4. The smallest absolute Gasteiger partial charge is 0.387 e. The van der Waals surface area contributed by atoms with Gasteiger partial charge in [-0.1, -0.05) is 256 Å². The lowest BCUT2D eigenvalue weighted by Crippen LogP contribution is -2.45. The number of rotatable bonds is 52. The van der Waals surface area contributed by atoms with Gasteiger partial charge in [0, 0.05) is 6.42 Å². The van der Waals surface area contributed by atoms with E-state index in [2.05, 4.69) is 43.5 Å². The number of hydrogen-bond donors (Lipinski definition) is 3. The van der Waals surface area contributed by atoms with Crippen LogP contribution in [0.3, 0.4) is 0 Å². The van der Waals surface area contributed by atoms with Crippen molar-refractivity contribution in [3.63, 3.8) is 0 Å². The summed E-state index contributed by atoms with van der Waals surface area (Å²) < 4.78 is 23.7. The number of aliphatic hydroxyl groups is 1. The van der Waals surface area contributed by atoms with Crippen LogP contribution in [0, 0.1) is 0 Å². The van der Waals surface area contributed by atoms with Gasteiger partial charge in [-0.3, -0.25) is 13.8 Å². The zero-order valence-electron chi connectivity index (χ0n) is 44.4. The number of phosphoric ester groups is 1. The molecule has 0 rings (SSSR count). The van der Waals surface area contributed by atoms with Crippen molar-refractivity contribution in [1.29, 1.82) is 0 Å². The molecule has 3 unspecified atom stereocenters. The fourth-order valence-corrected chi connectivity index (χ4v) is 9.12. The molecule has 0 saturated heterocycles. The quantitative estimate of drug-likeness (QED) is 0.0184. The molecule has 0 saturated carbocycles. The lowest BCUT2D eigenvalue weighted by molar-refractivity contribution is -0.870. The number of quaternary nitrogens is 1. The molecule has 66 heavy (non-hydrogen) atoms. The summed E-state index contributed by atoms with van der Waals surface area (Å²) in [6, 6.07) is -0.848. The highest BCUT2D eigenvalue weighted by atomic mass is 31.2. The van der Waals surface area contributed by atoms with E-state index < -0.39 is 20.0 Å². The number of carbonyl (C=O) groups is 1. The molecule has 0 fully saturated rings. The van der Waals surface area contributed by atoms with E-state index in [1.54, 1.807) is 6.08 Å². The van der Waals surface area contributed by atoms with Gasteiger partial charge in [-0.25, -0.2) is 4.57 Å².